The summed E-state index contributed by atoms with van der Waals surface area (Å²) in [6.45, 7) is 6.33. The number of carbonyl (C=O) groups excluding carboxylic acids is 2. The summed E-state index contributed by atoms with van der Waals surface area (Å²) in [5.74, 6) is -1.47. The highest BCUT2D eigenvalue weighted by atomic mass is 32.1. The lowest BCUT2D eigenvalue weighted by molar-refractivity contribution is -0.306. The standard InChI is InChI=1S/C18H21NO3S/c1-18(2,3)13-8-6-12(7-9-13)14(11-16(20)21)19-17(22)15-5-4-10-23-15/h4-10,14H,11H2,1-3H3,(H,19,22)(H,20,21)/p-1/t14-/m1/s1. The molecule has 0 aliphatic heterocycles. The smallest absolute Gasteiger partial charge is 0.261 e. The molecule has 1 atom stereocenters. The van der Waals surface area contributed by atoms with Gasteiger partial charge in [0.05, 0.1) is 10.9 Å². The molecule has 1 N–H and O–H groups in total. The van der Waals surface area contributed by atoms with Crippen LogP contribution in [0.15, 0.2) is 41.8 Å². The summed E-state index contributed by atoms with van der Waals surface area (Å²) in [5.41, 5.74) is 1.92. The van der Waals surface area contributed by atoms with Gasteiger partial charge in [-0.2, -0.15) is 0 Å². The highest BCUT2D eigenvalue weighted by molar-refractivity contribution is 7.12. The molecule has 0 bridgehead atoms. The number of carbonyl (C=O) groups is 2. The number of benzene rings is 1. The van der Waals surface area contributed by atoms with Crippen LogP contribution in [-0.4, -0.2) is 11.9 Å². The Bertz CT molecular complexity index is 669. The number of carboxylic acids is 1. The first kappa shape index (κ1) is 17.2. The van der Waals surface area contributed by atoms with E-state index < -0.39 is 12.0 Å². The molecular formula is C18H20NO3S-. The molecule has 2 aromatic rings. The van der Waals surface area contributed by atoms with E-state index in [1.54, 1.807) is 17.5 Å². The molecule has 23 heavy (non-hydrogen) atoms. The number of nitrogens with one attached hydrogen (secondary N) is 1. The van der Waals surface area contributed by atoms with Crippen molar-refractivity contribution in [3.63, 3.8) is 0 Å². The highest BCUT2D eigenvalue weighted by Crippen LogP contribution is 2.25. The van der Waals surface area contributed by atoms with Crippen LogP contribution >= 0.6 is 11.3 Å². The SMILES string of the molecule is CC(C)(C)c1ccc([C@@H](CC(=O)[O-])NC(=O)c2cccs2)cc1. The second-order valence-electron chi connectivity index (χ2n) is 6.45. The first-order valence-corrected chi connectivity index (χ1v) is 8.30. The zero-order valence-electron chi connectivity index (χ0n) is 13.5. The summed E-state index contributed by atoms with van der Waals surface area (Å²) < 4.78 is 0. The maximum Gasteiger partial charge on any atom is 0.261 e. The van der Waals surface area contributed by atoms with Gasteiger partial charge < -0.3 is 15.2 Å². The van der Waals surface area contributed by atoms with Gasteiger partial charge in [0, 0.05) is 12.4 Å². The fraction of sp³-hybridized carbons (Fsp3) is 0.333. The van der Waals surface area contributed by atoms with Crippen LogP contribution in [0.3, 0.4) is 0 Å². The van der Waals surface area contributed by atoms with E-state index in [1.165, 1.54) is 11.3 Å². The van der Waals surface area contributed by atoms with Gasteiger partial charge in [-0.3, -0.25) is 4.79 Å². The van der Waals surface area contributed by atoms with Crippen LogP contribution in [0, 0.1) is 0 Å². The maximum absolute atomic E-state index is 12.2. The minimum atomic E-state index is -1.19. The molecule has 0 aliphatic rings. The maximum atomic E-state index is 12.2. The van der Waals surface area contributed by atoms with E-state index in [-0.39, 0.29) is 17.7 Å². The summed E-state index contributed by atoms with van der Waals surface area (Å²) in [4.78, 5) is 23.8. The minimum absolute atomic E-state index is 0.0165. The molecule has 1 heterocycles. The van der Waals surface area contributed by atoms with Gasteiger partial charge in [0.15, 0.2) is 0 Å². The Morgan fingerprint density at radius 1 is 1.17 bits per heavy atom. The molecule has 2 rings (SSSR count). The van der Waals surface area contributed by atoms with Gasteiger partial charge in [-0.05, 0) is 28.0 Å². The largest absolute Gasteiger partial charge is 0.550 e. The lowest BCUT2D eigenvalue weighted by Gasteiger charge is -2.22. The molecule has 1 amide bonds. The summed E-state index contributed by atoms with van der Waals surface area (Å²) in [5, 5.41) is 15.6. The minimum Gasteiger partial charge on any atom is -0.550 e. The predicted octanol–water partition coefficient (Wildman–Crippen LogP) is 2.66. The number of amides is 1. The molecule has 4 nitrogen and oxygen atoms in total. The van der Waals surface area contributed by atoms with Gasteiger partial charge in [0.1, 0.15) is 0 Å². The molecule has 0 fully saturated rings. The van der Waals surface area contributed by atoms with E-state index in [0.29, 0.717) is 4.88 Å². The van der Waals surface area contributed by atoms with Gasteiger partial charge in [-0.15, -0.1) is 11.3 Å². The van der Waals surface area contributed by atoms with Crippen molar-refractivity contribution in [1.29, 1.82) is 0 Å². The van der Waals surface area contributed by atoms with Crippen LogP contribution in [0.1, 0.15) is 54.0 Å². The summed E-state index contributed by atoms with van der Waals surface area (Å²) in [6.07, 6.45) is -0.258. The van der Waals surface area contributed by atoms with Crippen molar-refractivity contribution in [2.24, 2.45) is 0 Å². The Morgan fingerprint density at radius 2 is 1.83 bits per heavy atom. The van der Waals surface area contributed by atoms with Gasteiger partial charge in [-0.1, -0.05) is 51.1 Å². The fourth-order valence-corrected chi connectivity index (χ4v) is 2.90. The fourth-order valence-electron chi connectivity index (χ4n) is 2.27. The normalized spacial score (nSPS) is 12.7. The molecule has 1 aromatic carbocycles. The number of thiophene rings is 1. The van der Waals surface area contributed by atoms with Gasteiger partial charge in [0.2, 0.25) is 0 Å². The molecule has 0 saturated heterocycles. The van der Waals surface area contributed by atoms with E-state index in [4.69, 9.17) is 0 Å². The Morgan fingerprint density at radius 3 is 2.30 bits per heavy atom. The van der Waals surface area contributed by atoms with E-state index in [9.17, 15) is 14.7 Å². The first-order valence-electron chi connectivity index (χ1n) is 7.42. The van der Waals surface area contributed by atoms with Crippen LogP contribution < -0.4 is 10.4 Å². The molecule has 5 heteroatoms. The molecule has 0 spiro atoms. The number of rotatable bonds is 5. The van der Waals surface area contributed by atoms with Crippen molar-refractivity contribution < 1.29 is 14.7 Å². The summed E-state index contributed by atoms with van der Waals surface area (Å²) >= 11 is 1.32. The van der Waals surface area contributed by atoms with Crippen molar-refractivity contribution in [3.8, 4) is 0 Å². The molecule has 0 saturated carbocycles. The van der Waals surface area contributed by atoms with E-state index in [0.717, 1.165) is 11.1 Å². The third kappa shape index (κ3) is 4.66. The third-order valence-electron chi connectivity index (χ3n) is 3.60. The number of hydrogen-bond donors (Lipinski definition) is 1. The molecule has 0 radical (unpaired) electrons. The van der Waals surface area contributed by atoms with Gasteiger partial charge >= 0.3 is 0 Å². The van der Waals surface area contributed by atoms with E-state index in [1.807, 2.05) is 24.3 Å². The van der Waals surface area contributed by atoms with Crippen LogP contribution in [0.4, 0.5) is 0 Å². The molecule has 0 aliphatic carbocycles. The lowest BCUT2D eigenvalue weighted by Crippen LogP contribution is -2.34. The van der Waals surface area contributed by atoms with Crippen molar-refractivity contribution in [1.82, 2.24) is 5.32 Å². The molecular weight excluding hydrogens is 310 g/mol. The average Bonchev–Trinajstić information content (AvgIpc) is 2.99. The summed E-state index contributed by atoms with van der Waals surface area (Å²) in [7, 11) is 0. The van der Waals surface area contributed by atoms with Crippen LogP contribution in [0.2, 0.25) is 0 Å². The zero-order valence-corrected chi connectivity index (χ0v) is 14.3. The topological polar surface area (TPSA) is 69.2 Å². The van der Waals surface area contributed by atoms with Crippen LogP contribution in [-0.2, 0) is 10.2 Å². The Kier molecular flexibility index (Phi) is 5.21. The first-order chi connectivity index (χ1) is 10.8. The summed E-state index contributed by atoms with van der Waals surface area (Å²) in [6, 6.07) is 10.5. The highest BCUT2D eigenvalue weighted by Gasteiger charge is 2.18. The van der Waals surface area contributed by atoms with Crippen molar-refractivity contribution in [2.45, 2.75) is 38.6 Å². The number of carboxylic acid groups (broad SMARTS) is 1. The van der Waals surface area contributed by atoms with E-state index in [2.05, 4.69) is 26.1 Å². The predicted molar refractivity (Wildman–Crippen MR) is 89.3 cm³/mol. The third-order valence-corrected chi connectivity index (χ3v) is 4.47. The second kappa shape index (κ2) is 6.96. The second-order valence-corrected chi connectivity index (χ2v) is 7.40. The lowest BCUT2D eigenvalue weighted by atomic mass is 9.86. The average molecular weight is 330 g/mol. The Balaban J connectivity index is 2.21. The number of aliphatic carboxylic acids is 1. The van der Waals surface area contributed by atoms with Crippen molar-refractivity contribution >= 4 is 23.2 Å². The van der Waals surface area contributed by atoms with Crippen LogP contribution in [0.25, 0.3) is 0 Å². The monoisotopic (exact) mass is 330 g/mol. The quantitative estimate of drug-likeness (QED) is 0.916. The van der Waals surface area contributed by atoms with Gasteiger partial charge in [0.25, 0.3) is 5.91 Å². The van der Waals surface area contributed by atoms with Crippen LogP contribution in [0.5, 0.6) is 0 Å². The zero-order chi connectivity index (χ0) is 17.0. The Labute approximate surface area is 140 Å². The van der Waals surface area contributed by atoms with Crippen molar-refractivity contribution in [2.75, 3.05) is 0 Å². The number of hydrogen-bond acceptors (Lipinski definition) is 4. The van der Waals surface area contributed by atoms with E-state index >= 15 is 0 Å². The molecule has 122 valence electrons. The van der Waals surface area contributed by atoms with Gasteiger partial charge in [-0.25, -0.2) is 0 Å². The Hall–Kier alpha value is -2.14. The molecule has 1 aromatic heterocycles. The van der Waals surface area contributed by atoms with Crippen molar-refractivity contribution in [3.05, 3.63) is 57.8 Å². The molecule has 0 unspecified atom stereocenters.